The van der Waals surface area contributed by atoms with Crippen molar-refractivity contribution in [2.24, 2.45) is 5.41 Å². The minimum Gasteiger partial charge on any atom is -0.346 e. The molecular weight excluding hydrogens is 300 g/mol. The maximum atomic E-state index is 4.52. The van der Waals surface area contributed by atoms with E-state index >= 15 is 0 Å². The first-order valence-corrected chi connectivity index (χ1v) is 8.41. The molecule has 0 saturated carbocycles. The van der Waals surface area contributed by atoms with Crippen molar-refractivity contribution in [2.45, 2.75) is 46.5 Å². The van der Waals surface area contributed by atoms with E-state index in [1.165, 1.54) is 22.4 Å². The average molecular weight is 324 g/mol. The number of imidazole rings is 1. The second kappa shape index (κ2) is 6.95. The number of tetrazole rings is 1. The number of nitrogens with zero attached hydrogens (tertiary/aromatic N) is 5. The molecule has 6 nitrogen and oxygen atoms in total. The third kappa shape index (κ3) is 4.07. The third-order valence-corrected chi connectivity index (χ3v) is 4.47. The monoisotopic (exact) mass is 324 g/mol. The molecule has 0 spiro atoms. The first-order chi connectivity index (χ1) is 11.6. The zero-order chi connectivity index (χ0) is 17.0. The zero-order valence-corrected chi connectivity index (χ0v) is 14.5. The lowest BCUT2D eigenvalue weighted by molar-refractivity contribution is 0.346. The predicted octanol–water partition coefficient (Wildman–Crippen LogP) is 3.15. The van der Waals surface area contributed by atoms with Crippen molar-refractivity contribution >= 4 is 0 Å². The zero-order valence-electron chi connectivity index (χ0n) is 14.5. The molecule has 0 aliphatic rings. The highest BCUT2D eigenvalue weighted by atomic mass is 15.6. The molecule has 0 aliphatic carbocycles. The standard InChI is InChI=1S/C18H24N6/c1-4-18(2,3)11-15-12-19-17(22-15)10-7-14-5-8-16(9-6-14)24-21-13-20-23-24/h5-6,8-9,12-13H,4,7,10-11H2,1-3H3,(H,19,22). The molecule has 126 valence electrons. The van der Waals surface area contributed by atoms with Crippen LogP contribution in [0, 0.1) is 5.41 Å². The van der Waals surface area contributed by atoms with Crippen molar-refractivity contribution < 1.29 is 0 Å². The Kier molecular flexibility index (Phi) is 4.74. The van der Waals surface area contributed by atoms with Gasteiger partial charge in [-0.15, -0.1) is 15.0 Å². The smallest absolute Gasteiger partial charge is 0.162 e. The van der Waals surface area contributed by atoms with Gasteiger partial charge in [-0.1, -0.05) is 39.3 Å². The fraction of sp³-hybridized carbons (Fsp3) is 0.444. The lowest BCUT2D eigenvalue weighted by Gasteiger charge is -2.21. The van der Waals surface area contributed by atoms with Crippen LogP contribution >= 0.6 is 0 Å². The first-order valence-electron chi connectivity index (χ1n) is 8.41. The topological polar surface area (TPSA) is 72.3 Å². The van der Waals surface area contributed by atoms with Gasteiger partial charge < -0.3 is 4.98 Å². The summed E-state index contributed by atoms with van der Waals surface area (Å²) >= 11 is 0. The lowest BCUT2D eigenvalue weighted by Crippen LogP contribution is -2.13. The molecule has 0 amide bonds. The van der Waals surface area contributed by atoms with Crippen molar-refractivity contribution in [3.8, 4) is 5.69 Å². The number of hydrogen-bond donors (Lipinski definition) is 1. The molecule has 2 heterocycles. The average Bonchev–Trinajstić information content (AvgIpc) is 3.25. The molecule has 2 aromatic heterocycles. The highest BCUT2D eigenvalue weighted by Gasteiger charge is 2.17. The Morgan fingerprint density at radius 3 is 2.58 bits per heavy atom. The largest absolute Gasteiger partial charge is 0.346 e. The van der Waals surface area contributed by atoms with Crippen molar-refractivity contribution in [3.63, 3.8) is 0 Å². The van der Waals surface area contributed by atoms with Crippen LogP contribution in [0.4, 0.5) is 0 Å². The van der Waals surface area contributed by atoms with Gasteiger partial charge in [0.25, 0.3) is 0 Å². The second-order valence-electron chi connectivity index (χ2n) is 6.94. The summed E-state index contributed by atoms with van der Waals surface area (Å²) in [5, 5.41) is 11.6. The van der Waals surface area contributed by atoms with E-state index in [0.717, 1.165) is 37.2 Å². The number of aryl methyl sites for hydroxylation is 2. The Hall–Kier alpha value is -2.50. The van der Waals surface area contributed by atoms with Gasteiger partial charge in [-0.25, -0.2) is 4.98 Å². The summed E-state index contributed by atoms with van der Waals surface area (Å²) in [5.74, 6) is 1.05. The van der Waals surface area contributed by atoms with Crippen LogP contribution in [0.5, 0.6) is 0 Å². The number of aromatic nitrogens is 6. The minimum atomic E-state index is 0.315. The van der Waals surface area contributed by atoms with E-state index in [9.17, 15) is 0 Å². The van der Waals surface area contributed by atoms with Crippen molar-refractivity contribution in [1.29, 1.82) is 0 Å². The van der Waals surface area contributed by atoms with Crippen LogP contribution in [0.15, 0.2) is 36.8 Å². The minimum absolute atomic E-state index is 0.315. The fourth-order valence-corrected chi connectivity index (χ4v) is 2.61. The number of hydrogen-bond acceptors (Lipinski definition) is 4. The summed E-state index contributed by atoms with van der Waals surface area (Å²) in [4.78, 5) is 9.50. The predicted molar refractivity (Wildman–Crippen MR) is 92.9 cm³/mol. The molecule has 0 unspecified atom stereocenters. The number of nitrogens with one attached hydrogen (secondary N) is 1. The number of aromatic amines is 1. The molecule has 1 N–H and O–H groups in total. The SMILES string of the molecule is CCC(C)(C)Cc1cnc(CCc2ccc(-n3ncnn3)cc2)[nH]1. The quantitative estimate of drug-likeness (QED) is 0.724. The summed E-state index contributed by atoms with van der Waals surface area (Å²) in [6.07, 6.45) is 7.47. The summed E-state index contributed by atoms with van der Waals surface area (Å²) in [5.41, 5.74) is 3.73. The Morgan fingerprint density at radius 1 is 1.12 bits per heavy atom. The highest BCUT2D eigenvalue weighted by molar-refractivity contribution is 5.32. The van der Waals surface area contributed by atoms with Crippen LogP contribution in [-0.4, -0.2) is 30.2 Å². The number of benzene rings is 1. The van der Waals surface area contributed by atoms with E-state index in [4.69, 9.17) is 0 Å². The van der Waals surface area contributed by atoms with Gasteiger partial charge in [-0.2, -0.15) is 0 Å². The van der Waals surface area contributed by atoms with Crippen LogP contribution in [0.25, 0.3) is 5.69 Å². The van der Waals surface area contributed by atoms with Gasteiger partial charge >= 0.3 is 0 Å². The van der Waals surface area contributed by atoms with Gasteiger partial charge in [-0.3, -0.25) is 0 Å². The number of H-pyrrole nitrogens is 1. The van der Waals surface area contributed by atoms with Crippen LogP contribution in [0.1, 0.15) is 44.3 Å². The Morgan fingerprint density at radius 2 is 1.92 bits per heavy atom. The molecule has 3 aromatic rings. The van der Waals surface area contributed by atoms with Crippen LogP contribution in [0.2, 0.25) is 0 Å². The summed E-state index contributed by atoms with van der Waals surface area (Å²) < 4.78 is 0. The summed E-state index contributed by atoms with van der Waals surface area (Å²) in [7, 11) is 0. The van der Waals surface area contributed by atoms with Crippen LogP contribution in [0.3, 0.4) is 0 Å². The molecule has 0 radical (unpaired) electrons. The molecule has 0 bridgehead atoms. The highest BCUT2D eigenvalue weighted by Crippen LogP contribution is 2.24. The van der Waals surface area contributed by atoms with Crippen LogP contribution < -0.4 is 0 Å². The maximum Gasteiger partial charge on any atom is 0.162 e. The molecule has 1 aromatic carbocycles. The van der Waals surface area contributed by atoms with Gasteiger partial charge in [0.2, 0.25) is 0 Å². The van der Waals surface area contributed by atoms with Gasteiger partial charge in [0.1, 0.15) is 5.82 Å². The molecule has 0 aliphatic heterocycles. The van der Waals surface area contributed by atoms with Gasteiger partial charge in [-0.05, 0) is 41.2 Å². The Labute approximate surface area is 142 Å². The van der Waals surface area contributed by atoms with Gasteiger partial charge in [0.15, 0.2) is 6.33 Å². The maximum absolute atomic E-state index is 4.52. The molecule has 3 rings (SSSR count). The van der Waals surface area contributed by atoms with E-state index in [0.29, 0.717) is 5.41 Å². The molecule has 0 saturated heterocycles. The molecule has 24 heavy (non-hydrogen) atoms. The van der Waals surface area contributed by atoms with Crippen LogP contribution in [-0.2, 0) is 19.3 Å². The third-order valence-electron chi connectivity index (χ3n) is 4.47. The van der Waals surface area contributed by atoms with Crippen molar-refractivity contribution in [2.75, 3.05) is 0 Å². The van der Waals surface area contributed by atoms with E-state index in [-0.39, 0.29) is 0 Å². The summed E-state index contributed by atoms with van der Waals surface area (Å²) in [6.45, 7) is 6.81. The van der Waals surface area contributed by atoms with E-state index in [1.807, 2.05) is 18.3 Å². The molecule has 0 atom stereocenters. The molecule has 6 heteroatoms. The van der Waals surface area contributed by atoms with Gasteiger partial charge in [0.05, 0.1) is 5.69 Å². The molecular formula is C18H24N6. The summed E-state index contributed by atoms with van der Waals surface area (Å²) in [6, 6.07) is 8.22. The fourth-order valence-electron chi connectivity index (χ4n) is 2.61. The second-order valence-corrected chi connectivity index (χ2v) is 6.94. The first kappa shape index (κ1) is 16.4. The Balaban J connectivity index is 1.57. The Bertz CT molecular complexity index is 755. The number of rotatable bonds is 7. The van der Waals surface area contributed by atoms with E-state index < -0.39 is 0 Å². The normalized spacial score (nSPS) is 11.8. The van der Waals surface area contributed by atoms with Crippen molar-refractivity contribution in [1.82, 2.24) is 30.2 Å². The van der Waals surface area contributed by atoms with Gasteiger partial charge in [0, 0.05) is 18.3 Å². The molecule has 0 fully saturated rings. The van der Waals surface area contributed by atoms with Crippen molar-refractivity contribution in [3.05, 3.63) is 53.9 Å². The van der Waals surface area contributed by atoms with E-state index in [2.05, 4.69) is 58.3 Å². The lowest BCUT2D eigenvalue weighted by atomic mass is 9.85. The van der Waals surface area contributed by atoms with E-state index in [1.54, 1.807) is 0 Å².